The topological polar surface area (TPSA) is 27.7 Å². The summed E-state index contributed by atoms with van der Waals surface area (Å²) in [5.74, 6) is 0. The SMILES string of the molecule is C=CCCCCC[SiH2]OC(COC)OC. The Morgan fingerprint density at radius 2 is 2.07 bits per heavy atom. The molecule has 0 saturated carbocycles. The van der Waals surface area contributed by atoms with Crippen LogP contribution >= 0.6 is 0 Å². The summed E-state index contributed by atoms with van der Waals surface area (Å²) in [6.07, 6.45) is 6.76. The van der Waals surface area contributed by atoms with E-state index in [1.165, 1.54) is 25.3 Å². The number of rotatable bonds is 11. The molecule has 0 aromatic heterocycles. The van der Waals surface area contributed by atoms with Gasteiger partial charge in [-0.25, -0.2) is 0 Å². The lowest BCUT2D eigenvalue weighted by Crippen LogP contribution is -2.22. The van der Waals surface area contributed by atoms with Crippen molar-refractivity contribution in [3.05, 3.63) is 12.7 Å². The zero-order valence-corrected chi connectivity index (χ0v) is 11.5. The first-order chi connectivity index (χ1) is 7.35. The predicted octanol–water partition coefficient (Wildman–Crippen LogP) is 1.87. The van der Waals surface area contributed by atoms with Crippen molar-refractivity contribution in [3.8, 4) is 0 Å². The lowest BCUT2D eigenvalue weighted by Gasteiger charge is -2.15. The number of unbranched alkanes of at least 4 members (excludes halogenated alkanes) is 3. The number of ether oxygens (including phenoxy) is 2. The van der Waals surface area contributed by atoms with Gasteiger partial charge < -0.3 is 13.9 Å². The molecular formula is C11H24O3Si. The third-order valence-corrected chi connectivity index (χ3v) is 3.57. The highest BCUT2D eigenvalue weighted by Gasteiger charge is 2.05. The minimum absolute atomic E-state index is 0.158. The molecule has 0 aliphatic carbocycles. The van der Waals surface area contributed by atoms with E-state index in [1.54, 1.807) is 14.2 Å². The van der Waals surface area contributed by atoms with Crippen molar-refractivity contribution in [1.29, 1.82) is 0 Å². The molecule has 0 fully saturated rings. The van der Waals surface area contributed by atoms with E-state index in [0.717, 1.165) is 6.42 Å². The molecule has 0 saturated heterocycles. The van der Waals surface area contributed by atoms with Crippen LogP contribution in [-0.4, -0.2) is 36.9 Å². The van der Waals surface area contributed by atoms with E-state index in [9.17, 15) is 0 Å². The van der Waals surface area contributed by atoms with Gasteiger partial charge in [0.25, 0.3) is 0 Å². The van der Waals surface area contributed by atoms with Crippen molar-refractivity contribution in [1.82, 2.24) is 0 Å². The van der Waals surface area contributed by atoms with E-state index in [-0.39, 0.29) is 6.29 Å². The molecule has 1 unspecified atom stereocenters. The van der Waals surface area contributed by atoms with Crippen LogP contribution in [0.4, 0.5) is 0 Å². The Labute approximate surface area is 95.7 Å². The molecule has 90 valence electrons. The second kappa shape index (κ2) is 11.9. The molecule has 0 aliphatic rings. The molecule has 4 heteroatoms. The molecule has 15 heavy (non-hydrogen) atoms. The Balaban J connectivity index is 3.17. The van der Waals surface area contributed by atoms with E-state index < -0.39 is 9.76 Å². The van der Waals surface area contributed by atoms with Gasteiger partial charge in [-0.3, -0.25) is 0 Å². The zero-order valence-electron chi connectivity index (χ0n) is 10.0. The second-order valence-corrected chi connectivity index (χ2v) is 4.93. The predicted molar refractivity (Wildman–Crippen MR) is 65.8 cm³/mol. The fourth-order valence-electron chi connectivity index (χ4n) is 1.28. The largest absolute Gasteiger partial charge is 0.398 e. The van der Waals surface area contributed by atoms with Crippen LogP contribution in [0.1, 0.15) is 25.7 Å². The van der Waals surface area contributed by atoms with Crippen molar-refractivity contribution in [3.63, 3.8) is 0 Å². The van der Waals surface area contributed by atoms with Crippen LogP contribution in [0.2, 0.25) is 6.04 Å². The molecule has 0 spiro atoms. The van der Waals surface area contributed by atoms with Gasteiger partial charge in [-0.15, -0.1) is 6.58 Å². The normalized spacial score (nSPS) is 13.5. The van der Waals surface area contributed by atoms with Crippen LogP contribution in [0.5, 0.6) is 0 Å². The highest BCUT2D eigenvalue weighted by molar-refractivity contribution is 6.27. The average Bonchev–Trinajstić information content (AvgIpc) is 2.26. The van der Waals surface area contributed by atoms with Gasteiger partial charge in [-0.1, -0.05) is 18.9 Å². The zero-order chi connectivity index (χ0) is 11.4. The van der Waals surface area contributed by atoms with Gasteiger partial charge in [0.1, 0.15) is 0 Å². The fraction of sp³-hybridized carbons (Fsp3) is 0.818. The highest BCUT2D eigenvalue weighted by atomic mass is 28.2. The molecule has 0 amide bonds. The van der Waals surface area contributed by atoms with Gasteiger partial charge in [-0.2, -0.15) is 0 Å². The number of allylic oxidation sites excluding steroid dienone is 1. The summed E-state index contributed by atoms with van der Waals surface area (Å²) in [6.45, 7) is 4.23. The van der Waals surface area contributed by atoms with Gasteiger partial charge in [-0.05, 0) is 18.9 Å². The van der Waals surface area contributed by atoms with E-state index in [0.29, 0.717) is 6.61 Å². The summed E-state index contributed by atoms with van der Waals surface area (Å²) in [7, 11) is 2.88. The van der Waals surface area contributed by atoms with E-state index in [4.69, 9.17) is 13.9 Å². The third-order valence-electron chi connectivity index (χ3n) is 2.17. The average molecular weight is 232 g/mol. The first-order valence-electron chi connectivity index (χ1n) is 5.59. The van der Waals surface area contributed by atoms with Crippen LogP contribution in [0.25, 0.3) is 0 Å². The molecule has 0 aromatic carbocycles. The van der Waals surface area contributed by atoms with Gasteiger partial charge in [0.2, 0.25) is 0 Å². The standard InChI is InChI=1S/C11H24O3Si/c1-4-5-6-7-8-9-15-14-11(13-3)10-12-2/h4,11H,1,5-10,15H2,2-3H3. The molecule has 0 heterocycles. The minimum atomic E-state index is -0.433. The Morgan fingerprint density at radius 1 is 1.27 bits per heavy atom. The summed E-state index contributed by atoms with van der Waals surface area (Å²) in [5, 5.41) is 0. The lowest BCUT2D eigenvalue weighted by molar-refractivity contribution is -0.0928. The molecule has 3 nitrogen and oxygen atoms in total. The van der Waals surface area contributed by atoms with E-state index >= 15 is 0 Å². The minimum Gasteiger partial charge on any atom is -0.398 e. The summed E-state index contributed by atoms with van der Waals surface area (Å²) in [4.78, 5) is 0. The number of hydrogen-bond donors (Lipinski definition) is 0. The van der Waals surface area contributed by atoms with Crippen molar-refractivity contribution in [2.75, 3.05) is 20.8 Å². The summed E-state index contributed by atoms with van der Waals surface area (Å²) >= 11 is 0. The van der Waals surface area contributed by atoms with Crippen LogP contribution < -0.4 is 0 Å². The maximum Gasteiger partial charge on any atom is 0.170 e. The highest BCUT2D eigenvalue weighted by Crippen LogP contribution is 2.04. The Hall–Kier alpha value is -0.163. The van der Waals surface area contributed by atoms with Crippen LogP contribution in [-0.2, 0) is 13.9 Å². The Bertz CT molecular complexity index is 142. The monoisotopic (exact) mass is 232 g/mol. The molecule has 1 atom stereocenters. The summed E-state index contributed by atoms with van der Waals surface area (Å²) in [5.41, 5.74) is 0. The van der Waals surface area contributed by atoms with Crippen molar-refractivity contribution in [2.45, 2.75) is 38.0 Å². The maximum atomic E-state index is 5.61. The Kier molecular flexibility index (Phi) is 11.8. The molecular weight excluding hydrogens is 208 g/mol. The summed E-state index contributed by atoms with van der Waals surface area (Å²) < 4.78 is 15.7. The molecule has 0 N–H and O–H groups in total. The quantitative estimate of drug-likeness (QED) is 0.236. The second-order valence-electron chi connectivity index (χ2n) is 3.48. The van der Waals surface area contributed by atoms with Gasteiger partial charge >= 0.3 is 0 Å². The maximum absolute atomic E-state index is 5.61. The Morgan fingerprint density at radius 3 is 2.67 bits per heavy atom. The van der Waals surface area contributed by atoms with Gasteiger partial charge in [0, 0.05) is 14.2 Å². The number of hydrogen-bond acceptors (Lipinski definition) is 3. The molecule has 0 rings (SSSR count). The van der Waals surface area contributed by atoms with Crippen molar-refractivity contribution < 1.29 is 13.9 Å². The van der Waals surface area contributed by atoms with Crippen LogP contribution in [0.3, 0.4) is 0 Å². The van der Waals surface area contributed by atoms with E-state index in [1.807, 2.05) is 6.08 Å². The van der Waals surface area contributed by atoms with Crippen LogP contribution in [0.15, 0.2) is 12.7 Å². The first kappa shape index (κ1) is 14.8. The fourth-order valence-corrected chi connectivity index (χ4v) is 2.50. The van der Waals surface area contributed by atoms with Gasteiger partial charge in [0.15, 0.2) is 16.1 Å². The lowest BCUT2D eigenvalue weighted by atomic mass is 10.2. The van der Waals surface area contributed by atoms with Crippen LogP contribution in [0, 0.1) is 0 Å². The van der Waals surface area contributed by atoms with Gasteiger partial charge in [0.05, 0.1) is 6.61 Å². The van der Waals surface area contributed by atoms with Crippen molar-refractivity contribution in [2.24, 2.45) is 0 Å². The first-order valence-corrected chi connectivity index (χ1v) is 7.17. The molecule has 0 radical (unpaired) electrons. The molecule has 0 bridgehead atoms. The van der Waals surface area contributed by atoms with Crippen molar-refractivity contribution >= 4 is 9.76 Å². The van der Waals surface area contributed by atoms with E-state index in [2.05, 4.69) is 6.58 Å². The molecule has 0 aromatic rings. The third kappa shape index (κ3) is 10.1. The molecule has 0 aliphatic heterocycles. The smallest absolute Gasteiger partial charge is 0.170 e. The summed E-state index contributed by atoms with van der Waals surface area (Å²) in [6, 6.07) is 1.22. The number of methoxy groups -OCH3 is 2.